The van der Waals surface area contributed by atoms with Crippen molar-refractivity contribution < 1.29 is 13.7 Å². The highest BCUT2D eigenvalue weighted by Gasteiger charge is 2.34. The van der Waals surface area contributed by atoms with Crippen LogP contribution in [0.5, 0.6) is 0 Å². The molecule has 1 aliphatic heterocycles. The summed E-state index contributed by atoms with van der Waals surface area (Å²) in [5, 5.41) is 0. The summed E-state index contributed by atoms with van der Waals surface area (Å²) in [5.41, 5.74) is 1.80. The lowest BCUT2D eigenvalue weighted by Crippen LogP contribution is -2.29. The minimum atomic E-state index is -3.57. The predicted octanol–water partition coefficient (Wildman–Crippen LogP) is 1.29. The second-order valence-corrected chi connectivity index (χ2v) is 6.71. The zero-order valence-corrected chi connectivity index (χ0v) is 12.8. The molecule has 0 saturated carbocycles. The Morgan fingerprint density at radius 3 is 2.17 bits per heavy atom. The highest BCUT2D eigenvalue weighted by atomic mass is 31.2. The molecule has 1 heterocycles. The zero-order chi connectivity index (χ0) is 14.0. The molecular formula is C10H23N4O3P. The quantitative estimate of drug-likeness (QED) is 0.617. The number of guanidine groups is 1. The van der Waals surface area contributed by atoms with E-state index in [1.807, 2.05) is 23.9 Å². The first-order valence-corrected chi connectivity index (χ1v) is 7.35. The van der Waals surface area contributed by atoms with Gasteiger partial charge in [-0.05, 0) is 20.8 Å². The first-order chi connectivity index (χ1) is 8.17. The smallest absolute Gasteiger partial charge is 0.344 e. The van der Waals surface area contributed by atoms with E-state index in [-0.39, 0.29) is 0 Å². The van der Waals surface area contributed by atoms with Gasteiger partial charge in [0.25, 0.3) is 0 Å². The molecule has 1 saturated heterocycles. The van der Waals surface area contributed by atoms with Gasteiger partial charge in [0.2, 0.25) is 5.96 Å². The normalized spacial score (nSPS) is 20.2. The Bertz CT molecular complexity index is 355. The van der Waals surface area contributed by atoms with Gasteiger partial charge in [-0.25, -0.2) is 9.19 Å². The lowest BCUT2D eigenvalue weighted by atomic mass is 10.2. The first-order valence-electron chi connectivity index (χ1n) is 5.85. The van der Waals surface area contributed by atoms with Gasteiger partial charge in [-0.15, -0.1) is 4.76 Å². The van der Waals surface area contributed by atoms with E-state index in [1.165, 1.54) is 7.05 Å². The maximum absolute atomic E-state index is 12.5. The Balaban J connectivity index is 2.98. The second kappa shape index (κ2) is 5.57. The Morgan fingerprint density at radius 1 is 1.28 bits per heavy atom. The van der Waals surface area contributed by atoms with E-state index in [9.17, 15) is 4.57 Å². The van der Waals surface area contributed by atoms with Crippen LogP contribution in [0.2, 0.25) is 0 Å². The van der Waals surface area contributed by atoms with Crippen molar-refractivity contribution in [3.8, 4) is 0 Å². The molecule has 1 N–H and O–H groups in total. The SMILES string of the molecule is CNOP(=O)(N=C1N(C)CCN1C)OC(C)(C)C. The van der Waals surface area contributed by atoms with Gasteiger partial charge in [0.05, 0.1) is 5.60 Å². The van der Waals surface area contributed by atoms with Crippen molar-refractivity contribution in [1.82, 2.24) is 15.3 Å². The molecule has 0 radical (unpaired) electrons. The zero-order valence-electron chi connectivity index (χ0n) is 11.9. The molecule has 18 heavy (non-hydrogen) atoms. The van der Waals surface area contributed by atoms with Gasteiger partial charge in [-0.3, -0.25) is 4.52 Å². The van der Waals surface area contributed by atoms with E-state index in [0.29, 0.717) is 5.96 Å². The highest BCUT2D eigenvalue weighted by molar-refractivity contribution is 7.52. The molecule has 1 fully saturated rings. The molecule has 1 unspecified atom stereocenters. The maximum Gasteiger partial charge on any atom is 0.474 e. The molecular weight excluding hydrogens is 255 g/mol. The van der Waals surface area contributed by atoms with E-state index in [0.717, 1.165) is 13.1 Å². The van der Waals surface area contributed by atoms with Crippen LogP contribution in [0.4, 0.5) is 0 Å². The second-order valence-electron chi connectivity index (χ2n) is 5.21. The van der Waals surface area contributed by atoms with Crippen LogP contribution < -0.4 is 5.48 Å². The molecule has 0 aromatic heterocycles. The van der Waals surface area contributed by atoms with Crippen LogP contribution in [0.1, 0.15) is 20.8 Å². The summed E-state index contributed by atoms with van der Waals surface area (Å²) in [7, 11) is 1.74. The van der Waals surface area contributed by atoms with Crippen LogP contribution in [0.15, 0.2) is 4.76 Å². The molecule has 8 heteroatoms. The summed E-state index contributed by atoms with van der Waals surface area (Å²) < 4.78 is 27.2. The monoisotopic (exact) mass is 278 g/mol. The van der Waals surface area contributed by atoms with Crippen LogP contribution in [0, 0.1) is 0 Å². The highest BCUT2D eigenvalue weighted by Crippen LogP contribution is 2.52. The molecule has 106 valence electrons. The van der Waals surface area contributed by atoms with Gasteiger partial charge in [-0.2, -0.15) is 5.48 Å². The maximum atomic E-state index is 12.5. The summed E-state index contributed by atoms with van der Waals surface area (Å²) in [6.07, 6.45) is 0. The average molecular weight is 278 g/mol. The van der Waals surface area contributed by atoms with E-state index >= 15 is 0 Å². The Morgan fingerprint density at radius 2 is 1.78 bits per heavy atom. The fourth-order valence-corrected chi connectivity index (χ4v) is 3.14. The molecule has 7 nitrogen and oxygen atoms in total. The van der Waals surface area contributed by atoms with Gasteiger partial charge >= 0.3 is 7.75 Å². The molecule has 0 aromatic rings. The molecule has 0 spiro atoms. The van der Waals surface area contributed by atoms with Gasteiger partial charge in [0.15, 0.2) is 0 Å². The number of rotatable bonds is 4. The summed E-state index contributed by atoms with van der Waals surface area (Å²) in [6, 6.07) is 0. The van der Waals surface area contributed by atoms with Crippen molar-refractivity contribution in [3.63, 3.8) is 0 Å². The van der Waals surface area contributed by atoms with Gasteiger partial charge in [-0.1, -0.05) is 0 Å². The van der Waals surface area contributed by atoms with Crippen LogP contribution in [-0.4, -0.2) is 55.6 Å². The molecule has 0 aliphatic carbocycles. The third-order valence-electron chi connectivity index (χ3n) is 2.26. The number of likely N-dealkylation sites (N-methyl/N-ethyl adjacent to an activating group) is 2. The summed E-state index contributed by atoms with van der Waals surface area (Å²) in [4.78, 5) is 3.83. The molecule has 1 aliphatic rings. The first kappa shape index (κ1) is 15.4. The summed E-state index contributed by atoms with van der Waals surface area (Å²) >= 11 is 0. The van der Waals surface area contributed by atoms with Crippen LogP contribution in [0.3, 0.4) is 0 Å². The Kier molecular flexibility index (Phi) is 4.78. The van der Waals surface area contributed by atoms with Crippen LogP contribution in [0.25, 0.3) is 0 Å². The predicted molar refractivity (Wildman–Crippen MR) is 71.3 cm³/mol. The van der Waals surface area contributed by atoms with E-state index in [4.69, 9.17) is 9.15 Å². The standard InChI is InChI=1S/C10H23N4O3P/c1-10(2,3)16-18(15,17-11-4)12-9-13(5)7-8-14(9)6/h11H,7-8H2,1-6H3. The number of hydrogen-bond acceptors (Lipinski definition) is 4. The Hall–Kier alpha value is -0.620. The molecule has 0 amide bonds. The summed E-state index contributed by atoms with van der Waals surface area (Å²) in [6.45, 7) is 7.09. The third-order valence-corrected chi connectivity index (χ3v) is 3.88. The lowest BCUT2D eigenvalue weighted by Gasteiger charge is -2.25. The van der Waals surface area contributed by atoms with E-state index in [1.54, 1.807) is 20.8 Å². The largest absolute Gasteiger partial charge is 0.474 e. The van der Waals surface area contributed by atoms with Crippen molar-refractivity contribution in [2.75, 3.05) is 34.2 Å². The molecule has 1 rings (SSSR count). The molecule has 0 bridgehead atoms. The minimum absolute atomic E-state index is 0.605. The van der Waals surface area contributed by atoms with Gasteiger partial charge in [0.1, 0.15) is 0 Å². The fourth-order valence-electron chi connectivity index (χ4n) is 1.57. The van der Waals surface area contributed by atoms with Crippen molar-refractivity contribution in [2.45, 2.75) is 26.4 Å². The average Bonchev–Trinajstić information content (AvgIpc) is 2.46. The van der Waals surface area contributed by atoms with E-state index < -0.39 is 13.3 Å². The number of hydrogen-bond donors (Lipinski definition) is 1. The van der Waals surface area contributed by atoms with Gasteiger partial charge < -0.3 is 9.80 Å². The van der Waals surface area contributed by atoms with Crippen molar-refractivity contribution >= 4 is 13.7 Å². The fraction of sp³-hybridized carbons (Fsp3) is 0.900. The van der Waals surface area contributed by atoms with Crippen LogP contribution in [-0.2, 0) is 13.7 Å². The van der Waals surface area contributed by atoms with Crippen molar-refractivity contribution in [1.29, 1.82) is 0 Å². The number of nitrogens with one attached hydrogen (secondary N) is 1. The minimum Gasteiger partial charge on any atom is -0.344 e. The Labute approximate surface area is 109 Å². The molecule has 1 atom stereocenters. The number of hydroxylamine groups is 1. The molecule has 0 aromatic carbocycles. The van der Waals surface area contributed by atoms with E-state index in [2.05, 4.69) is 10.2 Å². The third kappa shape index (κ3) is 4.24. The topological polar surface area (TPSA) is 66.4 Å². The van der Waals surface area contributed by atoms with Crippen LogP contribution >= 0.6 is 7.75 Å². The lowest BCUT2D eigenvalue weighted by molar-refractivity contribution is 0.0762. The van der Waals surface area contributed by atoms with Crippen molar-refractivity contribution in [2.24, 2.45) is 4.76 Å². The summed E-state index contributed by atoms with van der Waals surface area (Å²) in [5.74, 6) is 0.609. The van der Waals surface area contributed by atoms with Gasteiger partial charge in [0, 0.05) is 34.2 Å². The number of nitrogens with zero attached hydrogens (tertiary/aromatic N) is 3. The van der Waals surface area contributed by atoms with Crippen molar-refractivity contribution in [3.05, 3.63) is 0 Å².